The van der Waals surface area contributed by atoms with Crippen LogP contribution in [0.25, 0.3) is 0 Å². The molecule has 0 bridgehead atoms. The summed E-state index contributed by atoms with van der Waals surface area (Å²) in [6.07, 6.45) is 0. The lowest BCUT2D eigenvalue weighted by Crippen LogP contribution is -2.21. The molecule has 2 N–H and O–H groups in total. The highest BCUT2D eigenvalue weighted by atomic mass is 16.4. The second-order valence-electron chi connectivity index (χ2n) is 2.52. The first-order chi connectivity index (χ1) is 3.55. The zero-order valence-corrected chi connectivity index (χ0v) is 5.63. The minimum Gasteiger partial charge on any atom is -0.427 e. The maximum Gasteiger partial charge on any atom is 0.454 e. The van der Waals surface area contributed by atoms with Crippen molar-refractivity contribution in [3.05, 3.63) is 0 Å². The molecule has 0 aromatic rings. The SMILES string of the molecule is CC(C)[C@H](C)B(O)O. The van der Waals surface area contributed by atoms with Gasteiger partial charge in [0.25, 0.3) is 0 Å². The topological polar surface area (TPSA) is 40.5 Å². The Bertz CT molecular complexity index is 55.4. The summed E-state index contributed by atoms with van der Waals surface area (Å²) in [6.45, 7) is 5.74. The summed E-state index contributed by atoms with van der Waals surface area (Å²) in [6, 6.07) is 0. The van der Waals surface area contributed by atoms with E-state index in [9.17, 15) is 0 Å². The molecule has 0 amide bonds. The minimum absolute atomic E-state index is 0.0185. The van der Waals surface area contributed by atoms with E-state index in [1.807, 2.05) is 20.8 Å². The van der Waals surface area contributed by atoms with Crippen LogP contribution in [0.5, 0.6) is 0 Å². The molecule has 0 saturated carbocycles. The van der Waals surface area contributed by atoms with Gasteiger partial charge in [-0.05, 0) is 11.7 Å². The van der Waals surface area contributed by atoms with Crippen molar-refractivity contribution in [2.45, 2.75) is 26.6 Å². The van der Waals surface area contributed by atoms with E-state index in [1.54, 1.807) is 0 Å². The molecule has 0 rings (SSSR count). The molecular weight excluding hydrogens is 103 g/mol. The molecule has 0 unspecified atom stereocenters. The Hall–Kier alpha value is -0.0151. The van der Waals surface area contributed by atoms with E-state index in [1.165, 1.54) is 0 Å². The number of hydrogen-bond acceptors (Lipinski definition) is 2. The third-order valence-corrected chi connectivity index (χ3v) is 1.52. The smallest absolute Gasteiger partial charge is 0.427 e. The molecule has 0 aromatic heterocycles. The van der Waals surface area contributed by atoms with Crippen LogP contribution < -0.4 is 0 Å². The fourth-order valence-electron chi connectivity index (χ4n) is 0.344. The summed E-state index contributed by atoms with van der Waals surface area (Å²) < 4.78 is 0. The standard InChI is InChI=1S/C5H13BO2/c1-4(2)5(3)6(7)8/h4-5,7-8H,1-3H3/t5-/m0/s1. The van der Waals surface area contributed by atoms with E-state index >= 15 is 0 Å². The van der Waals surface area contributed by atoms with Crippen LogP contribution in [-0.2, 0) is 0 Å². The zero-order chi connectivity index (χ0) is 6.73. The van der Waals surface area contributed by atoms with Crippen LogP contribution in [0, 0.1) is 5.92 Å². The monoisotopic (exact) mass is 116 g/mol. The molecule has 2 nitrogen and oxygen atoms in total. The van der Waals surface area contributed by atoms with Crippen molar-refractivity contribution in [3.63, 3.8) is 0 Å². The Morgan fingerprint density at radius 1 is 1.12 bits per heavy atom. The average Bonchev–Trinajstić information content (AvgIpc) is 1.64. The van der Waals surface area contributed by atoms with Crippen molar-refractivity contribution in [2.24, 2.45) is 5.92 Å². The van der Waals surface area contributed by atoms with Gasteiger partial charge in [-0.3, -0.25) is 0 Å². The summed E-state index contributed by atoms with van der Waals surface area (Å²) in [4.78, 5) is 0. The molecule has 48 valence electrons. The molecule has 0 heterocycles. The van der Waals surface area contributed by atoms with Crippen LogP contribution in [-0.4, -0.2) is 17.2 Å². The predicted molar refractivity (Wildman–Crippen MR) is 34.5 cm³/mol. The molecule has 0 aliphatic carbocycles. The van der Waals surface area contributed by atoms with Gasteiger partial charge in [-0.15, -0.1) is 0 Å². The highest BCUT2D eigenvalue weighted by Crippen LogP contribution is 2.16. The molecule has 0 aliphatic rings. The van der Waals surface area contributed by atoms with Gasteiger partial charge in [0, 0.05) is 0 Å². The molecule has 8 heavy (non-hydrogen) atoms. The van der Waals surface area contributed by atoms with Gasteiger partial charge in [0.15, 0.2) is 0 Å². The van der Waals surface area contributed by atoms with Gasteiger partial charge in [-0.2, -0.15) is 0 Å². The first kappa shape index (κ1) is 7.98. The number of hydrogen-bond donors (Lipinski definition) is 2. The van der Waals surface area contributed by atoms with Crippen LogP contribution in [0.1, 0.15) is 20.8 Å². The highest BCUT2D eigenvalue weighted by Gasteiger charge is 2.20. The lowest BCUT2D eigenvalue weighted by Gasteiger charge is -2.12. The molecule has 0 spiro atoms. The predicted octanol–water partition coefficient (Wildman–Crippen LogP) is 0.505. The minimum atomic E-state index is -1.16. The Morgan fingerprint density at radius 2 is 1.50 bits per heavy atom. The van der Waals surface area contributed by atoms with Crippen molar-refractivity contribution >= 4 is 7.12 Å². The largest absolute Gasteiger partial charge is 0.454 e. The van der Waals surface area contributed by atoms with Crippen molar-refractivity contribution < 1.29 is 10.0 Å². The highest BCUT2D eigenvalue weighted by molar-refractivity contribution is 6.43. The van der Waals surface area contributed by atoms with Crippen molar-refractivity contribution in [2.75, 3.05) is 0 Å². The lowest BCUT2D eigenvalue weighted by atomic mass is 9.68. The fourth-order valence-corrected chi connectivity index (χ4v) is 0.344. The van der Waals surface area contributed by atoms with E-state index in [0.29, 0.717) is 5.92 Å². The Kier molecular flexibility index (Phi) is 3.09. The summed E-state index contributed by atoms with van der Waals surface area (Å²) in [5, 5.41) is 17.1. The third-order valence-electron chi connectivity index (χ3n) is 1.52. The van der Waals surface area contributed by atoms with E-state index in [-0.39, 0.29) is 5.82 Å². The van der Waals surface area contributed by atoms with Gasteiger partial charge < -0.3 is 10.0 Å². The lowest BCUT2D eigenvalue weighted by molar-refractivity contribution is 0.367. The molecule has 0 aliphatic heterocycles. The Labute approximate surface area is 50.7 Å². The zero-order valence-electron chi connectivity index (χ0n) is 5.63. The van der Waals surface area contributed by atoms with E-state index < -0.39 is 7.12 Å². The second kappa shape index (κ2) is 3.10. The van der Waals surface area contributed by atoms with E-state index in [2.05, 4.69) is 0 Å². The van der Waals surface area contributed by atoms with Gasteiger partial charge in [-0.25, -0.2) is 0 Å². The van der Waals surface area contributed by atoms with Gasteiger partial charge in [0.1, 0.15) is 0 Å². The molecular formula is C5H13BO2. The van der Waals surface area contributed by atoms with E-state index in [4.69, 9.17) is 10.0 Å². The van der Waals surface area contributed by atoms with Crippen molar-refractivity contribution in [1.82, 2.24) is 0 Å². The van der Waals surface area contributed by atoms with Crippen LogP contribution in [0.3, 0.4) is 0 Å². The van der Waals surface area contributed by atoms with E-state index in [0.717, 1.165) is 0 Å². The molecule has 0 fully saturated rings. The van der Waals surface area contributed by atoms with Crippen LogP contribution in [0.2, 0.25) is 5.82 Å². The van der Waals surface area contributed by atoms with Crippen molar-refractivity contribution in [1.29, 1.82) is 0 Å². The first-order valence-corrected chi connectivity index (χ1v) is 2.92. The van der Waals surface area contributed by atoms with Gasteiger partial charge in [0.2, 0.25) is 0 Å². The van der Waals surface area contributed by atoms with Crippen LogP contribution in [0.15, 0.2) is 0 Å². The van der Waals surface area contributed by atoms with Gasteiger partial charge >= 0.3 is 7.12 Å². The molecule has 0 radical (unpaired) electrons. The Morgan fingerprint density at radius 3 is 1.50 bits per heavy atom. The fraction of sp³-hybridized carbons (Fsp3) is 1.00. The summed E-state index contributed by atoms with van der Waals surface area (Å²) >= 11 is 0. The second-order valence-corrected chi connectivity index (χ2v) is 2.52. The van der Waals surface area contributed by atoms with Gasteiger partial charge in [0.05, 0.1) is 0 Å². The Balaban J connectivity index is 3.46. The maximum atomic E-state index is 8.55. The molecule has 3 heteroatoms. The maximum absolute atomic E-state index is 8.55. The van der Waals surface area contributed by atoms with Crippen LogP contribution in [0.4, 0.5) is 0 Å². The summed E-state index contributed by atoms with van der Waals surface area (Å²) in [5.41, 5.74) is 0. The van der Waals surface area contributed by atoms with Crippen molar-refractivity contribution in [3.8, 4) is 0 Å². The molecule has 0 aromatic carbocycles. The molecule has 0 saturated heterocycles. The molecule has 1 atom stereocenters. The number of rotatable bonds is 2. The van der Waals surface area contributed by atoms with Crippen LogP contribution >= 0.6 is 0 Å². The normalized spacial score (nSPS) is 14.2. The van der Waals surface area contributed by atoms with Gasteiger partial charge in [-0.1, -0.05) is 20.8 Å². The third kappa shape index (κ3) is 2.33. The summed E-state index contributed by atoms with van der Waals surface area (Å²) in [5.74, 6) is 0.324. The average molecular weight is 116 g/mol. The summed E-state index contributed by atoms with van der Waals surface area (Å²) in [7, 11) is -1.16. The first-order valence-electron chi connectivity index (χ1n) is 2.92. The quantitative estimate of drug-likeness (QED) is 0.516.